The standard InChI is InChI=1S/C15H15NO4/c1-19-10-7-14(18)11(15(8-10)20-2)9-16-12-5-3-4-6-13(12)17/h3-9,17-18H,1-2H3. The van der Waals surface area contributed by atoms with E-state index in [1.165, 1.54) is 32.6 Å². The number of methoxy groups -OCH3 is 2. The molecule has 0 fully saturated rings. The summed E-state index contributed by atoms with van der Waals surface area (Å²) in [6, 6.07) is 9.79. The third-order valence-electron chi connectivity index (χ3n) is 2.76. The average Bonchev–Trinajstić information content (AvgIpc) is 2.46. The summed E-state index contributed by atoms with van der Waals surface area (Å²) in [6.45, 7) is 0. The minimum absolute atomic E-state index is 0.0135. The molecule has 104 valence electrons. The Balaban J connectivity index is 2.41. The lowest BCUT2D eigenvalue weighted by Gasteiger charge is -2.09. The molecule has 0 saturated heterocycles. The van der Waals surface area contributed by atoms with Crippen molar-refractivity contribution in [2.24, 2.45) is 4.99 Å². The Morgan fingerprint density at radius 1 is 1.00 bits per heavy atom. The number of hydrogen-bond donors (Lipinski definition) is 2. The van der Waals surface area contributed by atoms with E-state index in [-0.39, 0.29) is 11.5 Å². The summed E-state index contributed by atoms with van der Waals surface area (Å²) in [7, 11) is 3.00. The van der Waals surface area contributed by atoms with Gasteiger partial charge < -0.3 is 19.7 Å². The monoisotopic (exact) mass is 273 g/mol. The number of hydrogen-bond acceptors (Lipinski definition) is 5. The molecule has 0 atom stereocenters. The van der Waals surface area contributed by atoms with Gasteiger partial charge in [-0.25, -0.2) is 0 Å². The van der Waals surface area contributed by atoms with Crippen LogP contribution in [-0.2, 0) is 0 Å². The van der Waals surface area contributed by atoms with Gasteiger partial charge in [-0.15, -0.1) is 0 Å². The molecule has 2 rings (SSSR count). The largest absolute Gasteiger partial charge is 0.507 e. The zero-order chi connectivity index (χ0) is 14.5. The number of phenolic OH excluding ortho intramolecular Hbond substituents is 2. The number of para-hydroxylation sites is 2. The van der Waals surface area contributed by atoms with Crippen LogP contribution >= 0.6 is 0 Å². The van der Waals surface area contributed by atoms with Crippen LogP contribution in [0.15, 0.2) is 41.4 Å². The zero-order valence-corrected chi connectivity index (χ0v) is 11.2. The lowest BCUT2D eigenvalue weighted by molar-refractivity contribution is 0.384. The highest BCUT2D eigenvalue weighted by Gasteiger charge is 2.10. The lowest BCUT2D eigenvalue weighted by Crippen LogP contribution is -1.93. The molecule has 5 nitrogen and oxygen atoms in total. The summed E-state index contributed by atoms with van der Waals surface area (Å²) in [6.07, 6.45) is 1.43. The molecule has 0 aliphatic heterocycles. The van der Waals surface area contributed by atoms with Crippen LogP contribution in [-0.4, -0.2) is 30.6 Å². The predicted molar refractivity (Wildman–Crippen MR) is 76.6 cm³/mol. The van der Waals surface area contributed by atoms with Crippen molar-refractivity contribution in [1.82, 2.24) is 0 Å². The SMILES string of the molecule is COc1cc(O)c(C=Nc2ccccc2O)c(OC)c1. The maximum absolute atomic E-state index is 9.97. The quantitative estimate of drug-likeness (QED) is 0.840. The summed E-state index contributed by atoms with van der Waals surface area (Å²) in [5.41, 5.74) is 0.821. The number of nitrogens with zero attached hydrogens (tertiary/aromatic N) is 1. The molecule has 2 N–H and O–H groups in total. The van der Waals surface area contributed by atoms with Gasteiger partial charge in [0, 0.05) is 18.3 Å². The van der Waals surface area contributed by atoms with Crippen LogP contribution in [0.3, 0.4) is 0 Å². The Kier molecular flexibility index (Phi) is 4.10. The van der Waals surface area contributed by atoms with Crippen molar-refractivity contribution in [3.05, 3.63) is 42.0 Å². The van der Waals surface area contributed by atoms with Gasteiger partial charge in [-0.2, -0.15) is 0 Å². The second-order valence-electron chi connectivity index (χ2n) is 4.01. The fourth-order valence-electron chi connectivity index (χ4n) is 1.71. The van der Waals surface area contributed by atoms with Crippen molar-refractivity contribution in [2.75, 3.05) is 14.2 Å². The van der Waals surface area contributed by atoms with E-state index in [4.69, 9.17) is 9.47 Å². The fraction of sp³-hybridized carbons (Fsp3) is 0.133. The van der Waals surface area contributed by atoms with Crippen molar-refractivity contribution in [2.45, 2.75) is 0 Å². The zero-order valence-electron chi connectivity index (χ0n) is 11.2. The van der Waals surface area contributed by atoms with Crippen LogP contribution in [0.4, 0.5) is 5.69 Å². The maximum Gasteiger partial charge on any atom is 0.141 e. The Morgan fingerprint density at radius 2 is 1.75 bits per heavy atom. The molecule has 0 bridgehead atoms. The summed E-state index contributed by atoms with van der Waals surface area (Å²) in [4.78, 5) is 4.15. The second-order valence-corrected chi connectivity index (χ2v) is 4.01. The van der Waals surface area contributed by atoms with Crippen LogP contribution in [0.2, 0.25) is 0 Å². The van der Waals surface area contributed by atoms with Crippen LogP contribution in [0.5, 0.6) is 23.0 Å². The first kappa shape index (κ1) is 13.7. The molecule has 2 aromatic carbocycles. The first-order chi connectivity index (χ1) is 9.65. The van der Waals surface area contributed by atoms with E-state index >= 15 is 0 Å². The molecule has 0 spiro atoms. The first-order valence-corrected chi connectivity index (χ1v) is 5.92. The van der Waals surface area contributed by atoms with Gasteiger partial charge in [0.2, 0.25) is 0 Å². The van der Waals surface area contributed by atoms with Gasteiger partial charge >= 0.3 is 0 Å². The van der Waals surface area contributed by atoms with E-state index in [1.807, 2.05) is 0 Å². The Hall–Kier alpha value is -2.69. The van der Waals surface area contributed by atoms with Gasteiger partial charge in [0.1, 0.15) is 28.7 Å². The number of benzene rings is 2. The summed E-state index contributed by atoms with van der Waals surface area (Å²) >= 11 is 0. The number of ether oxygens (including phenoxy) is 2. The van der Waals surface area contributed by atoms with Gasteiger partial charge in [0.05, 0.1) is 19.8 Å². The topological polar surface area (TPSA) is 71.3 Å². The van der Waals surface area contributed by atoms with Gasteiger partial charge in [-0.3, -0.25) is 4.99 Å². The van der Waals surface area contributed by atoms with Gasteiger partial charge in [-0.1, -0.05) is 12.1 Å². The Morgan fingerprint density at radius 3 is 2.40 bits per heavy atom. The molecular formula is C15H15NO4. The van der Waals surface area contributed by atoms with Gasteiger partial charge in [-0.05, 0) is 12.1 Å². The van der Waals surface area contributed by atoms with Crippen molar-refractivity contribution < 1.29 is 19.7 Å². The number of rotatable bonds is 4. The van der Waals surface area contributed by atoms with E-state index in [2.05, 4.69) is 4.99 Å². The highest BCUT2D eigenvalue weighted by Crippen LogP contribution is 2.33. The van der Waals surface area contributed by atoms with E-state index in [1.54, 1.807) is 24.3 Å². The third-order valence-corrected chi connectivity index (χ3v) is 2.76. The normalized spacial score (nSPS) is 10.7. The van der Waals surface area contributed by atoms with Crippen molar-refractivity contribution in [1.29, 1.82) is 0 Å². The molecule has 0 saturated carbocycles. The molecule has 5 heteroatoms. The number of aliphatic imine (C=N–C) groups is 1. The van der Waals surface area contributed by atoms with Crippen LogP contribution in [0.1, 0.15) is 5.56 Å². The minimum Gasteiger partial charge on any atom is -0.507 e. The van der Waals surface area contributed by atoms with Crippen LogP contribution in [0, 0.1) is 0 Å². The number of phenols is 2. The Bertz CT molecular complexity index is 638. The van der Waals surface area contributed by atoms with Crippen LogP contribution < -0.4 is 9.47 Å². The maximum atomic E-state index is 9.97. The minimum atomic E-state index is -0.0135. The first-order valence-electron chi connectivity index (χ1n) is 5.92. The average molecular weight is 273 g/mol. The molecule has 20 heavy (non-hydrogen) atoms. The highest BCUT2D eigenvalue weighted by molar-refractivity contribution is 5.89. The molecule has 0 aromatic heterocycles. The van der Waals surface area contributed by atoms with Gasteiger partial charge in [0.25, 0.3) is 0 Å². The smallest absolute Gasteiger partial charge is 0.141 e. The molecule has 0 radical (unpaired) electrons. The van der Waals surface area contributed by atoms with Crippen LogP contribution in [0.25, 0.3) is 0 Å². The molecular weight excluding hydrogens is 258 g/mol. The second kappa shape index (κ2) is 5.97. The third kappa shape index (κ3) is 2.83. The molecule has 0 aliphatic carbocycles. The van der Waals surface area contributed by atoms with E-state index in [9.17, 15) is 10.2 Å². The van der Waals surface area contributed by atoms with Gasteiger partial charge in [0.15, 0.2) is 0 Å². The van der Waals surface area contributed by atoms with Crippen molar-refractivity contribution >= 4 is 11.9 Å². The summed E-state index contributed by atoms with van der Waals surface area (Å²) < 4.78 is 10.2. The molecule has 0 heterocycles. The fourth-order valence-corrected chi connectivity index (χ4v) is 1.71. The van der Waals surface area contributed by atoms with Crippen molar-refractivity contribution in [3.63, 3.8) is 0 Å². The van der Waals surface area contributed by atoms with E-state index in [0.717, 1.165) is 0 Å². The lowest BCUT2D eigenvalue weighted by atomic mass is 10.1. The molecule has 2 aromatic rings. The summed E-state index contributed by atoms with van der Waals surface area (Å²) in [5, 5.41) is 19.6. The molecule has 0 amide bonds. The van der Waals surface area contributed by atoms with E-state index < -0.39 is 0 Å². The summed E-state index contributed by atoms with van der Waals surface area (Å²) in [5.74, 6) is 0.969. The number of aromatic hydroxyl groups is 2. The van der Waals surface area contributed by atoms with Crippen molar-refractivity contribution in [3.8, 4) is 23.0 Å². The predicted octanol–water partition coefficient (Wildman–Crippen LogP) is 2.87. The molecule has 0 aliphatic rings. The molecule has 0 unspecified atom stereocenters. The van der Waals surface area contributed by atoms with E-state index in [0.29, 0.717) is 22.7 Å². The highest BCUT2D eigenvalue weighted by atomic mass is 16.5. The Labute approximate surface area is 116 Å².